The Balaban J connectivity index is 1.16. The van der Waals surface area contributed by atoms with E-state index in [9.17, 15) is 14.4 Å². The molecule has 3 heterocycles. The molecule has 6 rings (SSSR count). The molecule has 0 N–H and O–H groups in total. The van der Waals surface area contributed by atoms with Crippen LogP contribution in [0.3, 0.4) is 0 Å². The number of anilines is 1. The molecule has 1 aromatic heterocycles. The van der Waals surface area contributed by atoms with Gasteiger partial charge in [0.2, 0.25) is 5.91 Å². The van der Waals surface area contributed by atoms with E-state index >= 15 is 0 Å². The van der Waals surface area contributed by atoms with Crippen LogP contribution in [0.4, 0.5) is 10.5 Å². The van der Waals surface area contributed by atoms with Crippen molar-refractivity contribution in [3.05, 3.63) is 106 Å². The lowest BCUT2D eigenvalue weighted by molar-refractivity contribution is -0.136. The normalized spacial score (nSPS) is 16.9. The van der Waals surface area contributed by atoms with Crippen LogP contribution in [0.5, 0.6) is 0 Å². The number of benzene rings is 3. The van der Waals surface area contributed by atoms with Crippen LogP contribution < -0.4 is 4.90 Å². The molecular weight excluding hydrogens is 544 g/mol. The Bertz CT molecular complexity index is 1630. The lowest BCUT2D eigenvalue weighted by Gasteiger charge is -2.36. The van der Waals surface area contributed by atoms with E-state index in [0.717, 1.165) is 44.4 Å². The number of carbonyl (C=O) groups excluding carboxylic acids is 3. The third-order valence-corrected chi connectivity index (χ3v) is 8.60. The monoisotopic (exact) mass is 570 g/mol. The SMILES string of the molecule is O=C(CN1C(=O)S/C(=C/c2cn(Cc3ccccc3Cl)c3ccccc23)C1=O)N1CCN(c2ccccc2)CC1. The van der Waals surface area contributed by atoms with Crippen LogP contribution in [0.25, 0.3) is 17.0 Å². The number of carbonyl (C=O) groups is 3. The molecule has 40 heavy (non-hydrogen) atoms. The van der Waals surface area contributed by atoms with Crippen molar-refractivity contribution in [2.75, 3.05) is 37.6 Å². The summed E-state index contributed by atoms with van der Waals surface area (Å²) in [4.78, 5) is 44.5. The summed E-state index contributed by atoms with van der Waals surface area (Å²) in [5.41, 5.74) is 3.94. The van der Waals surface area contributed by atoms with E-state index in [-0.39, 0.29) is 12.5 Å². The number of thioether (sulfide) groups is 1. The number of hydrogen-bond acceptors (Lipinski definition) is 5. The van der Waals surface area contributed by atoms with Crippen LogP contribution >= 0.6 is 23.4 Å². The van der Waals surface area contributed by atoms with Gasteiger partial charge in [-0.15, -0.1) is 0 Å². The molecule has 0 saturated carbocycles. The van der Waals surface area contributed by atoms with Gasteiger partial charge in [-0.3, -0.25) is 19.3 Å². The largest absolute Gasteiger partial charge is 0.368 e. The molecule has 2 aliphatic rings. The summed E-state index contributed by atoms with van der Waals surface area (Å²) in [6.07, 6.45) is 3.72. The van der Waals surface area contributed by atoms with E-state index in [1.54, 1.807) is 11.0 Å². The third-order valence-electron chi connectivity index (χ3n) is 7.33. The van der Waals surface area contributed by atoms with Crippen molar-refractivity contribution in [2.24, 2.45) is 0 Å². The van der Waals surface area contributed by atoms with Crippen molar-refractivity contribution in [2.45, 2.75) is 6.54 Å². The van der Waals surface area contributed by atoms with Crippen LogP contribution in [-0.4, -0.2) is 64.1 Å². The van der Waals surface area contributed by atoms with Gasteiger partial charge in [-0.25, -0.2) is 0 Å². The lowest BCUT2D eigenvalue weighted by Crippen LogP contribution is -2.51. The number of fused-ring (bicyclic) bond motifs is 1. The van der Waals surface area contributed by atoms with Crippen molar-refractivity contribution in [3.63, 3.8) is 0 Å². The summed E-state index contributed by atoms with van der Waals surface area (Å²) in [5.74, 6) is -0.651. The Morgan fingerprint density at radius 2 is 1.57 bits per heavy atom. The molecule has 7 nitrogen and oxygen atoms in total. The van der Waals surface area contributed by atoms with Crippen LogP contribution in [0.1, 0.15) is 11.1 Å². The second-order valence-corrected chi connectivity index (χ2v) is 11.2. The zero-order valence-electron chi connectivity index (χ0n) is 21.7. The Labute approximate surface area is 241 Å². The second kappa shape index (κ2) is 11.2. The van der Waals surface area contributed by atoms with E-state index in [4.69, 9.17) is 11.6 Å². The summed E-state index contributed by atoms with van der Waals surface area (Å²) in [5, 5.41) is 1.23. The molecule has 0 aliphatic carbocycles. The standard InChI is InChI=1S/C31H27ClN4O3S/c32-26-12-6-4-8-22(26)19-35-20-23(25-11-5-7-13-27(25)35)18-28-30(38)36(31(39)40-28)21-29(37)34-16-14-33(15-17-34)24-9-2-1-3-10-24/h1-13,18,20H,14-17,19,21H2/b28-18+. The molecule has 9 heteroatoms. The molecule has 3 aromatic carbocycles. The number of aromatic nitrogens is 1. The summed E-state index contributed by atoms with van der Waals surface area (Å²) < 4.78 is 2.09. The number of imide groups is 1. The van der Waals surface area contributed by atoms with Gasteiger partial charge in [0, 0.05) is 66.1 Å². The first-order valence-electron chi connectivity index (χ1n) is 13.1. The van der Waals surface area contributed by atoms with Crippen LogP contribution in [-0.2, 0) is 16.1 Å². The summed E-state index contributed by atoms with van der Waals surface area (Å²) >= 11 is 7.28. The van der Waals surface area contributed by atoms with Gasteiger partial charge in [0.25, 0.3) is 11.1 Å². The van der Waals surface area contributed by atoms with E-state index in [1.165, 1.54) is 0 Å². The van der Waals surface area contributed by atoms with Gasteiger partial charge in [0.1, 0.15) is 6.54 Å². The Morgan fingerprint density at radius 1 is 0.875 bits per heavy atom. The van der Waals surface area contributed by atoms with Crippen LogP contribution in [0.2, 0.25) is 5.02 Å². The third kappa shape index (κ3) is 5.24. The van der Waals surface area contributed by atoms with E-state index in [0.29, 0.717) is 42.7 Å². The van der Waals surface area contributed by atoms with Crippen LogP contribution in [0.15, 0.2) is 90.0 Å². The van der Waals surface area contributed by atoms with Gasteiger partial charge < -0.3 is 14.4 Å². The highest BCUT2D eigenvalue weighted by molar-refractivity contribution is 8.18. The fraction of sp³-hybridized carbons (Fsp3) is 0.194. The Kier molecular flexibility index (Phi) is 7.36. The van der Waals surface area contributed by atoms with Gasteiger partial charge in [-0.1, -0.05) is 66.2 Å². The Morgan fingerprint density at radius 3 is 2.35 bits per heavy atom. The van der Waals surface area contributed by atoms with E-state index in [2.05, 4.69) is 21.6 Å². The first-order chi connectivity index (χ1) is 19.5. The van der Waals surface area contributed by atoms with Gasteiger partial charge in [-0.05, 0) is 47.7 Å². The molecule has 0 atom stereocenters. The topological polar surface area (TPSA) is 65.9 Å². The van der Waals surface area contributed by atoms with Crippen molar-refractivity contribution in [1.82, 2.24) is 14.4 Å². The lowest BCUT2D eigenvalue weighted by atomic mass is 10.1. The highest BCUT2D eigenvalue weighted by Gasteiger charge is 2.37. The van der Waals surface area contributed by atoms with Crippen LogP contribution in [0, 0.1) is 0 Å². The molecule has 3 amide bonds. The molecule has 0 spiro atoms. The molecule has 0 unspecified atom stereocenters. The maximum Gasteiger partial charge on any atom is 0.294 e. The fourth-order valence-electron chi connectivity index (χ4n) is 5.20. The number of amides is 3. The van der Waals surface area contributed by atoms with Crippen molar-refractivity contribution < 1.29 is 14.4 Å². The minimum Gasteiger partial charge on any atom is -0.368 e. The molecule has 2 fully saturated rings. The van der Waals surface area contributed by atoms with E-state index in [1.807, 2.05) is 72.9 Å². The molecular formula is C31H27ClN4O3S. The summed E-state index contributed by atoms with van der Waals surface area (Å²) in [6, 6.07) is 25.7. The predicted molar refractivity (Wildman–Crippen MR) is 160 cm³/mol. The van der Waals surface area contributed by atoms with Gasteiger partial charge in [-0.2, -0.15) is 0 Å². The quantitative estimate of drug-likeness (QED) is 0.277. The minimum atomic E-state index is -0.436. The fourth-order valence-corrected chi connectivity index (χ4v) is 6.22. The second-order valence-electron chi connectivity index (χ2n) is 9.79. The smallest absolute Gasteiger partial charge is 0.294 e. The zero-order chi connectivity index (χ0) is 27.6. The Hall–Kier alpha value is -4.01. The number of rotatable bonds is 6. The summed E-state index contributed by atoms with van der Waals surface area (Å²) in [6.45, 7) is 2.82. The number of para-hydroxylation sites is 2. The number of hydrogen-bond donors (Lipinski definition) is 0. The van der Waals surface area contributed by atoms with Crippen molar-refractivity contribution in [1.29, 1.82) is 0 Å². The number of nitrogens with zero attached hydrogens (tertiary/aromatic N) is 4. The highest BCUT2D eigenvalue weighted by Crippen LogP contribution is 2.34. The molecule has 2 saturated heterocycles. The number of halogens is 1. The van der Waals surface area contributed by atoms with Gasteiger partial charge in [0.05, 0.1) is 4.91 Å². The minimum absolute atomic E-state index is 0.215. The zero-order valence-corrected chi connectivity index (χ0v) is 23.3. The average Bonchev–Trinajstić information content (AvgIpc) is 3.46. The average molecular weight is 571 g/mol. The molecule has 0 bridgehead atoms. The van der Waals surface area contributed by atoms with Gasteiger partial charge >= 0.3 is 0 Å². The van der Waals surface area contributed by atoms with Crippen molar-refractivity contribution in [3.8, 4) is 0 Å². The molecule has 0 radical (unpaired) electrons. The predicted octanol–water partition coefficient (Wildman–Crippen LogP) is 5.73. The number of piperazine rings is 1. The van der Waals surface area contributed by atoms with Crippen molar-refractivity contribution >= 4 is 63.1 Å². The van der Waals surface area contributed by atoms with E-state index < -0.39 is 11.1 Å². The highest BCUT2D eigenvalue weighted by atomic mass is 35.5. The molecule has 4 aromatic rings. The summed E-state index contributed by atoms with van der Waals surface area (Å²) in [7, 11) is 0. The van der Waals surface area contributed by atoms with Gasteiger partial charge in [0.15, 0.2) is 0 Å². The first-order valence-corrected chi connectivity index (χ1v) is 14.3. The molecule has 202 valence electrons. The maximum atomic E-state index is 13.3. The maximum absolute atomic E-state index is 13.3. The first kappa shape index (κ1) is 26.2. The molecule has 2 aliphatic heterocycles.